The van der Waals surface area contributed by atoms with Crippen molar-refractivity contribution in [2.75, 3.05) is 18.8 Å². The van der Waals surface area contributed by atoms with Crippen LogP contribution in [0.5, 0.6) is 0 Å². The molecule has 20 heavy (non-hydrogen) atoms. The van der Waals surface area contributed by atoms with Gasteiger partial charge in [-0.1, -0.05) is 30.3 Å². The highest BCUT2D eigenvalue weighted by atomic mass is 32.2. The maximum atomic E-state index is 12.5. The Labute approximate surface area is 121 Å². The van der Waals surface area contributed by atoms with E-state index in [1.54, 1.807) is 36.1 Å². The van der Waals surface area contributed by atoms with Crippen molar-refractivity contribution in [1.29, 1.82) is 0 Å². The number of likely N-dealkylation sites (N-methyl/N-ethyl adjacent to an activating group) is 1. The number of sulfonamides is 1. The summed E-state index contributed by atoms with van der Waals surface area (Å²) >= 11 is 0. The van der Waals surface area contributed by atoms with E-state index in [1.807, 2.05) is 19.9 Å². The van der Waals surface area contributed by atoms with Gasteiger partial charge in [-0.25, -0.2) is 8.42 Å². The average molecular weight is 298 g/mol. The zero-order valence-corrected chi connectivity index (χ0v) is 13.0. The highest BCUT2D eigenvalue weighted by molar-refractivity contribution is 7.89. The van der Waals surface area contributed by atoms with Crippen molar-refractivity contribution in [3.63, 3.8) is 0 Å². The van der Waals surface area contributed by atoms with Crippen LogP contribution in [0.25, 0.3) is 0 Å². The smallest absolute Gasteiger partial charge is 0.245 e. The number of hydrogen-bond donors (Lipinski definition) is 1. The summed E-state index contributed by atoms with van der Waals surface area (Å²) in [6.07, 6.45) is 0. The fraction of sp³-hybridized carbons (Fsp3) is 0.500. The number of rotatable bonds is 7. The van der Waals surface area contributed by atoms with Crippen molar-refractivity contribution in [2.24, 2.45) is 0 Å². The molecule has 0 heterocycles. The average Bonchev–Trinajstić information content (AvgIpc) is 2.47. The largest absolute Gasteiger partial charge is 0.342 e. The molecule has 0 radical (unpaired) electrons. The minimum Gasteiger partial charge on any atom is -0.342 e. The molecule has 0 bridgehead atoms. The van der Waals surface area contributed by atoms with Crippen molar-refractivity contribution >= 4 is 15.9 Å². The van der Waals surface area contributed by atoms with Gasteiger partial charge in [-0.2, -0.15) is 4.72 Å². The highest BCUT2D eigenvalue weighted by Gasteiger charge is 2.27. The number of amides is 1. The van der Waals surface area contributed by atoms with Crippen LogP contribution in [0.3, 0.4) is 0 Å². The van der Waals surface area contributed by atoms with Crippen LogP contribution in [0.15, 0.2) is 30.3 Å². The molecule has 1 aromatic carbocycles. The molecule has 1 aromatic rings. The van der Waals surface area contributed by atoms with Crippen molar-refractivity contribution in [3.8, 4) is 0 Å². The Morgan fingerprint density at radius 3 is 2.15 bits per heavy atom. The first kappa shape index (κ1) is 16.7. The predicted molar refractivity (Wildman–Crippen MR) is 79.7 cm³/mol. The normalized spacial score (nSPS) is 12.9. The molecule has 0 saturated heterocycles. The Morgan fingerprint density at radius 1 is 1.15 bits per heavy atom. The molecule has 1 N–H and O–H groups in total. The highest BCUT2D eigenvalue weighted by Crippen LogP contribution is 2.17. The minimum absolute atomic E-state index is 0.0537. The molecular formula is C14H22N2O3S. The molecule has 0 aromatic heterocycles. The van der Waals surface area contributed by atoms with E-state index in [9.17, 15) is 13.2 Å². The molecule has 112 valence electrons. The first-order valence-electron chi connectivity index (χ1n) is 6.78. The van der Waals surface area contributed by atoms with E-state index < -0.39 is 16.1 Å². The monoisotopic (exact) mass is 298 g/mol. The summed E-state index contributed by atoms with van der Waals surface area (Å²) in [7, 11) is -3.46. The lowest BCUT2D eigenvalue weighted by atomic mass is 10.1. The molecule has 0 spiro atoms. The van der Waals surface area contributed by atoms with Crippen molar-refractivity contribution in [1.82, 2.24) is 9.62 Å². The van der Waals surface area contributed by atoms with Gasteiger partial charge in [-0.3, -0.25) is 4.79 Å². The Balaban J connectivity index is 3.11. The summed E-state index contributed by atoms with van der Waals surface area (Å²) in [5.41, 5.74) is 0.654. The van der Waals surface area contributed by atoms with Gasteiger partial charge in [0.25, 0.3) is 0 Å². The molecule has 0 saturated carbocycles. The summed E-state index contributed by atoms with van der Waals surface area (Å²) in [4.78, 5) is 14.1. The Bertz CT molecular complexity index is 525. The standard InChI is InChI=1S/C14H22N2O3S/c1-4-16(5-2)14(17)13(15-20(18,19)6-3)12-10-8-7-9-11-12/h7-11,13,15H,4-6H2,1-3H3/t13-/m0/s1. The van der Waals surface area contributed by atoms with Crippen molar-refractivity contribution in [2.45, 2.75) is 26.8 Å². The first-order valence-corrected chi connectivity index (χ1v) is 8.44. The summed E-state index contributed by atoms with van der Waals surface area (Å²) in [5, 5.41) is 0. The van der Waals surface area contributed by atoms with Crippen molar-refractivity contribution in [3.05, 3.63) is 35.9 Å². The third-order valence-electron chi connectivity index (χ3n) is 3.13. The van der Waals surface area contributed by atoms with Crippen LogP contribution < -0.4 is 4.72 Å². The second-order valence-electron chi connectivity index (χ2n) is 4.38. The van der Waals surface area contributed by atoms with Gasteiger partial charge in [0.05, 0.1) is 5.75 Å². The Hall–Kier alpha value is -1.40. The molecule has 0 aliphatic carbocycles. The number of nitrogens with one attached hydrogen (secondary N) is 1. The van der Waals surface area contributed by atoms with Gasteiger partial charge in [0.15, 0.2) is 0 Å². The van der Waals surface area contributed by atoms with Gasteiger partial charge in [-0.05, 0) is 26.3 Å². The predicted octanol–water partition coefficient (Wildman–Crippen LogP) is 1.54. The molecule has 0 aliphatic rings. The number of carbonyl (C=O) groups excluding carboxylic acids is 1. The summed E-state index contributed by atoms with van der Waals surface area (Å²) < 4.78 is 26.1. The number of nitrogens with zero attached hydrogens (tertiary/aromatic N) is 1. The Morgan fingerprint density at radius 2 is 1.70 bits per heavy atom. The minimum atomic E-state index is -3.46. The van der Waals surface area contributed by atoms with E-state index in [0.29, 0.717) is 18.7 Å². The molecule has 0 unspecified atom stereocenters. The lowest BCUT2D eigenvalue weighted by Crippen LogP contribution is -2.43. The van der Waals surface area contributed by atoms with E-state index in [4.69, 9.17) is 0 Å². The van der Waals surface area contributed by atoms with Gasteiger partial charge < -0.3 is 4.90 Å². The van der Waals surface area contributed by atoms with Gasteiger partial charge in [-0.15, -0.1) is 0 Å². The SMILES string of the molecule is CCN(CC)C(=O)[C@@H](NS(=O)(=O)CC)c1ccccc1. The first-order chi connectivity index (χ1) is 9.45. The van der Waals surface area contributed by atoms with E-state index in [-0.39, 0.29) is 11.7 Å². The number of benzene rings is 1. The number of carbonyl (C=O) groups is 1. The molecule has 0 fully saturated rings. The van der Waals surface area contributed by atoms with Crippen LogP contribution in [0.1, 0.15) is 32.4 Å². The van der Waals surface area contributed by atoms with Gasteiger partial charge >= 0.3 is 0 Å². The molecule has 1 atom stereocenters. The lowest BCUT2D eigenvalue weighted by molar-refractivity contribution is -0.132. The molecule has 0 aliphatic heterocycles. The van der Waals surface area contributed by atoms with Crippen LogP contribution in [-0.2, 0) is 14.8 Å². The van der Waals surface area contributed by atoms with E-state index in [1.165, 1.54) is 0 Å². The molecule has 1 amide bonds. The second-order valence-corrected chi connectivity index (χ2v) is 6.42. The molecule has 6 heteroatoms. The quantitative estimate of drug-likeness (QED) is 0.830. The van der Waals surface area contributed by atoms with E-state index in [0.717, 1.165) is 0 Å². The fourth-order valence-electron chi connectivity index (χ4n) is 1.89. The van der Waals surface area contributed by atoms with Crippen LogP contribution in [0.4, 0.5) is 0 Å². The second kappa shape index (κ2) is 7.40. The van der Waals surface area contributed by atoms with Gasteiger partial charge in [0.1, 0.15) is 6.04 Å². The van der Waals surface area contributed by atoms with Crippen LogP contribution in [-0.4, -0.2) is 38.1 Å². The summed E-state index contributed by atoms with van der Waals surface area (Å²) in [6.45, 7) is 6.39. The lowest BCUT2D eigenvalue weighted by Gasteiger charge is -2.25. The third-order valence-corrected chi connectivity index (χ3v) is 4.49. The van der Waals surface area contributed by atoms with Crippen LogP contribution in [0.2, 0.25) is 0 Å². The zero-order chi connectivity index (χ0) is 15.2. The summed E-state index contributed by atoms with van der Waals surface area (Å²) in [5.74, 6) is -0.278. The fourth-order valence-corrected chi connectivity index (χ4v) is 2.65. The Kier molecular flexibility index (Phi) is 6.16. The third kappa shape index (κ3) is 4.31. The maximum Gasteiger partial charge on any atom is 0.245 e. The molecule has 5 nitrogen and oxygen atoms in total. The van der Waals surface area contributed by atoms with Crippen LogP contribution >= 0.6 is 0 Å². The van der Waals surface area contributed by atoms with Crippen LogP contribution in [0, 0.1) is 0 Å². The van der Waals surface area contributed by atoms with Crippen molar-refractivity contribution < 1.29 is 13.2 Å². The van der Waals surface area contributed by atoms with E-state index in [2.05, 4.69) is 4.72 Å². The number of hydrogen-bond acceptors (Lipinski definition) is 3. The maximum absolute atomic E-state index is 12.5. The zero-order valence-electron chi connectivity index (χ0n) is 12.2. The van der Waals surface area contributed by atoms with Gasteiger partial charge in [0.2, 0.25) is 15.9 Å². The molecular weight excluding hydrogens is 276 g/mol. The summed E-state index contributed by atoms with van der Waals surface area (Å²) in [6, 6.07) is 8.06. The topological polar surface area (TPSA) is 66.5 Å². The molecule has 1 rings (SSSR count). The van der Waals surface area contributed by atoms with Gasteiger partial charge in [0, 0.05) is 13.1 Å². The van der Waals surface area contributed by atoms with E-state index >= 15 is 0 Å².